The van der Waals surface area contributed by atoms with Gasteiger partial charge in [-0.1, -0.05) is 38.5 Å². The predicted octanol–water partition coefficient (Wildman–Crippen LogP) is 7.51. The molecule has 0 saturated carbocycles. The summed E-state index contributed by atoms with van der Waals surface area (Å²) < 4.78 is 13.0. The largest absolute Gasteiger partial charge is 0.420 e. The fraction of sp³-hybridized carbons (Fsp3) is 0.429. The van der Waals surface area contributed by atoms with Gasteiger partial charge >= 0.3 is 0 Å². The molecule has 0 aliphatic carbocycles. The molecule has 6 nitrogen and oxygen atoms in total. The Morgan fingerprint density at radius 1 is 1.09 bits per heavy atom. The molecule has 0 bridgehead atoms. The van der Waals surface area contributed by atoms with Crippen molar-refractivity contribution in [1.82, 2.24) is 10.2 Å². The molecule has 2 aromatic carbocycles. The van der Waals surface area contributed by atoms with Crippen LogP contribution in [0, 0.1) is 31.8 Å². The summed E-state index contributed by atoms with van der Waals surface area (Å²) in [4.78, 5) is 3.64. The normalized spacial score (nSPS) is 13.7. The number of hydrogen-bond donors (Lipinski definition) is 0. The third kappa shape index (κ3) is 5.70. The molecule has 7 heteroatoms. The van der Waals surface area contributed by atoms with Gasteiger partial charge in [0, 0.05) is 5.56 Å². The van der Waals surface area contributed by atoms with Gasteiger partial charge in [0.2, 0.25) is 11.8 Å². The van der Waals surface area contributed by atoms with E-state index in [-0.39, 0.29) is 17.1 Å². The van der Waals surface area contributed by atoms with Crippen molar-refractivity contribution in [3.05, 3.63) is 76.0 Å². The molecule has 0 N–H and O–H groups in total. The quantitative estimate of drug-likeness (QED) is 0.255. The Morgan fingerprint density at radius 3 is 2.31 bits per heavy atom. The van der Waals surface area contributed by atoms with Crippen LogP contribution in [0.5, 0.6) is 0 Å². The maximum Gasteiger partial charge on any atom is 0.247 e. The highest BCUT2D eigenvalue weighted by atomic mass is 28.4. The molecule has 0 saturated heterocycles. The third-order valence-electron chi connectivity index (χ3n) is 7.30. The number of nitrogens with zero attached hydrogens (tertiary/aromatic N) is 4. The Balaban J connectivity index is 2.00. The van der Waals surface area contributed by atoms with Crippen LogP contribution in [0.3, 0.4) is 0 Å². The number of aromatic nitrogens is 2. The Bertz CT molecular complexity index is 1270. The molecule has 0 fully saturated rings. The highest BCUT2D eigenvalue weighted by Gasteiger charge is 2.41. The Labute approximate surface area is 209 Å². The fourth-order valence-corrected chi connectivity index (χ4v) is 5.26. The second-order valence-electron chi connectivity index (χ2n) is 10.6. The summed E-state index contributed by atoms with van der Waals surface area (Å²) in [6.07, 6.45) is 0.515. The van der Waals surface area contributed by atoms with Crippen molar-refractivity contribution < 1.29 is 8.84 Å². The van der Waals surface area contributed by atoms with Crippen molar-refractivity contribution in [2.24, 2.45) is 0 Å². The molecule has 2 atom stereocenters. The minimum atomic E-state index is -2.05. The monoisotopic (exact) mass is 486 g/mol. The molecule has 1 heterocycles. The van der Waals surface area contributed by atoms with E-state index in [0.29, 0.717) is 29.5 Å². The van der Waals surface area contributed by atoms with Crippen LogP contribution in [0.4, 0.5) is 5.69 Å². The van der Waals surface area contributed by atoms with Crippen LogP contribution in [0.2, 0.25) is 18.1 Å². The maximum atomic E-state index is 9.07. The summed E-state index contributed by atoms with van der Waals surface area (Å²) in [5, 5.41) is 17.9. The number of benzene rings is 2. The van der Waals surface area contributed by atoms with E-state index in [1.165, 1.54) is 0 Å². The minimum absolute atomic E-state index is 0.0675. The molecule has 0 radical (unpaired) electrons. The molecule has 0 aliphatic heterocycles. The first kappa shape index (κ1) is 26.3. The van der Waals surface area contributed by atoms with Gasteiger partial charge in [-0.25, -0.2) is 4.85 Å². The lowest BCUT2D eigenvalue weighted by Crippen LogP contribution is -2.44. The van der Waals surface area contributed by atoms with Gasteiger partial charge in [0.05, 0.1) is 30.2 Å². The van der Waals surface area contributed by atoms with Crippen LogP contribution in [0.1, 0.15) is 61.8 Å². The van der Waals surface area contributed by atoms with Crippen molar-refractivity contribution >= 4 is 14.0 Å². The Morgan fingerprint density at radius 2 is 1.74 bits per heavy atom. The van der Waals surface area contributed by atoms with E-state index in [1.54, 1.807) is 12.1 Å². The third-order valence-corrected chi connectivity index (χ3v) is 11.9. The van der Waals surface area contributed by atoms with Crippen molar-refractivity contribution in [3.63, 3.8) is 0 Å². The number of nitriles is 1. The maximum absolute atomic E-state index is 9.07. The van der Waals surface area contributed by atoms with Crippen LogP contribution >= 0.6 is 0 Å². The van der Waals surface area contributed by atoms with E-state index >= 15 is 0 Å². The molecule has 182 valence electrons. The fourth-order valence-electron chi connectivity index (χ4n) is 3.81. The SMILES string of the molecule is [C-]#[N+]c1ccc(C[C@@H](c2nnc(-c3ccc(C#N)cc3)o2)[C@@H](C)O[Si](C)(C)C(C)(C)C)c(C)c1C. The molecule has 0 aliphatic rings. The van der Waals surface area contributed by atoms with Crippen molar-refractivity contribution in [2.45, 2.75) is 78.1 Å². The van der Waals surface area contributed by atoms with Crippen LogP contribution < -0.4 is 0 Å². The van der Waals surface area contributed by atoms with Crippen LogP contribution in [-0.4, -0.2) is 24.6 Å². The van der Waals surface area contributed by atoms with Crippen molar-refractivity contribution in [1.29, 1.82) is 5.26 Å². The summed E-state index contributed by atoms with van der Waals surface area (Å²) >= 11 is 0. The zero-order chi connectivity index (χ0) is 26.0. The van der Waals surface area contributed by atoms with E-state index in [1.807, 2.05) is 31.2 Å². The first-order valence-electron chi connectivity index (χ1n) is 11.9. The van der Waals surface area contributed by atoms with Crippen molar-refractivity contribution in [3.8, 4) is 17.5 Å². The summed E-state index contributed by atoms with van der Waals surface area (Å²) in [5.74, 6) is 0.799. The van der Waals surface area contributed by atoms with Gasteiger partial charge in [-0.05, 0) is 80.7 Å². The Kier molecular flexibility index (Phi) is 7.64. The first-order chi connectivity index (χ1) is 16.4. The van der Waals surface area contributed by atoms with E-state index in [9.17, 15) is 0 Å². The van der Waals surface area contributed by atoms with Gasteiger partial charge in [0.15, 0.2) is 14.0 Å². The van der Waals surface area contributed by atoms with E-state index in [4.69, 9.17) is 20.7 Å². The zero-order valence-corrected chi connectivity index (χ0v) is 22.9. The molecular weight excluding hydrogens is 452 g/mol. The molecule has 0 unspecified atom stereocenters. The second-order valence-corrected chi connectivity index (χ2v) is 15.4. The molecule has 35 heavy (non-hydrogen) atoms. The zero-order valence-electron chi connectivity index (χ0n) is 21.9. The van der Waals surface area contributed by atoms with E-state index < -0.39 is 8.32 Å². The molecule has 0 spiro atoms. The van der Waals surface area contributed by atoms with Crippen LogP contribution in [-0.2, 0) is 10.8 Å². The van der Waals surface area contributed by atoms with E-state index in [2.05, 4.69) is 68.8 Å². The highest BCUT2D eigenvalue weighted by molar-refractivity contribution is 6.74. The predicted molar refractivity (Wildman–Crippen MR) is 141 cm³/mol. The standard InChI is InChI=1S/C28H34N4O2Si/c1-18-19(2)25(30-7)15-14-23(18)16-24(20(3)34-35(8,9)28(4,5)6)27-32-31-26(33-27)22-12-10-21(17-29)11-13-22/h10-15,20,24H,16H2,1-6,8-9H3/t20-,24-/m1/s1. The first-order valence-corrected chi connectivity index (χ1v) is 14.8. The van der Waals surface area contributed by atoms with E-state index in [0.717, 1.165) is 22.3 Å². The van der Waals surface area contributed by atoms with Gasteiger partial charge in [-0.2, -0.15) is 5.26 Å². The lowest BCUT2D eigenvalue weighted by molar-refractivity contribution is 0.154. The van der Waals surface area contributed by atoms with Gasteiger partial charge in [0.1, 0.15) is 0 Å². The van der Waals surface area contributed by atoms with Gasteiger partial charge in [-0.15, -0.1) is 10.2 Å². The average Bonchev–Trinajstić information content (AvgIpc) is 3.29. The van der Waals surface area contributed by atoms with Gasteiger partial charge in [0.25, 0.3) is 0 Å². The second kappa shape index (κ2) is 10.2. The minimum Gasteiger partial charge on any atom is -0.420 e. The lowest BCUT2D eigenvalue weighted by Gasteiger charge is -2.40. The average molecular weight is 487 g/mol. The van der Waals surface area contributed by atoms with Gasteiger partial charge in [-0.3, -0.25) is 0 Å². The number of rotatable bonds is 7. The lowest BCUT2D eigenvalue weighted by atomic mass is 9.90. The Hall–Kier alpha value is -3.26. The molecule has 3 aromatic rings. The topological polar surface area (TPSA) is 76.3 Å². The highest BCUT2D eigenvalue weighted by Crippen LogP contribution is 2.40. The van der Waals surface area contributed by atoms with Crippen LogP contribution in [0.15, 0.2) is 40.8 Å². The molecule has 3 rings (SSSR count). The van der Waals surface area contributed by atoms with Crippen molar-refractivity contribution in [2.75, 3.05) is 0 Å². The summed E-state index contributed by atoms with van der Waals surface area (Å²) in [6, 6.07) is 13.2. The molecule has 0 amide bonds. The van der Waals surface area contributed by atoms with Gasteiger partial charge < -0.3 is 8.84 Å². The smallest absolute Gasteiger partial charge is 0.247 e. The number of hydrogen-bond acceptors (Lipinski definition) is 5. The summed E-state index contributed by atoms with van der Waals surface area (Å²) in [6.45, 7) is 24.7. The summed E-state index contributed by atoms with van der Waals surface area (Å²) in [5.41, 5.74) is 5.27. The van der Waals surface area contributed by atoms with Crippen LogP contribution in [0.25, 0.3) is 16.3 Å². The summed E-state index contributed by atoms with van der Waals surface area (Å²) in [7, 11) is -2.05. The molecular formula is C28H34N4O2Si. The molecule has 1 aromatic heterocycles.